The Morgan fingerprint density at radius 1 is 1.00 bits per heavy atom. The minimum absolute atomic E-state index is 0. The van der Waals surface area contributed by atoms with Crippen LogP contribution in [0.4, 0.5) is 0 Å². The zero-order valence-electron chi connectivity index (χ0n) is 15.8. The van der Waals surface area contributed by atoms with Crippen LogP contribution in [0.15, 0.2) is 40.9 Å². The van der Waals surface area contributed by atoms with Crippen LogP contribution in [0.1, 0.15) is 42.3 Å². The largest absolute Gasteiger partial charge is 0.349 e. The zero-order valence-corrected chi connectivity index (χ0v) is 19.0. The Bertz CT molecular complexity index is 681. The van der Waals surface area contributed by atoms with Crippen molar-refractivity contribution in [2.75, 3.05) is 27.2 Å². The lowest BCUT2D eigenvalue weighted by atomic mass is 10.0. The Morgan fingerprint density at radius 2 is 1.65 bits per heavy atom. The van der Waals surface area contributed by atoms with Gasteiger partial charge in [-0.15, -0.1) is 24.8 Å². The predicted octanol–water partition coefficient (Wildman–Crippen LogP) is 5.27. The van der Waals surface area contributed by atoms with Crippen LogP contribution in [0, 0.1) is 0 Å². The number of hydrogen-bond acceptors (Lipinski definition) is 2. The van der Waals surface area contributed by atoms with Crippen LogP contribution in [-0.4, -0.2) is 41.6 Å². The second-order valence-corrected chi connectivity index (χ2v) is 7.89. The molecule has 26 heavy (non-hydrogen) atoms. The minimum atomic E-state index is 0. The van der Waals surface area contributed by atoms with Gasteiger partial charge in [0, 0.05) is 29.5 Å². The minimum Gasteiger partial charge on any atom is -0.349 e. The molecule has 1 fully saturated rings. The molecule has 1 aliphatic rings. The highest BCUT2D eigenvalue weighted by molar-refractivity contribution is 9.10. The van der Waals surface area contributed by atoms with Gasteiger partial charge in [-0.3, -0.25) is 9.80 Å². The molecular weight excluding hydrogens is 433 g/mol. The highest BCUT2D eigenvalue weighted by Crippen LogP contribution is 2.33. The van der Waals surface area contributed by atoms with Gasteiger partial charge >= 0.3 is 0 Å². The van der Waals surface area contributed by atoms with Gasteiger partial charge in [-0.05, 0) is 63.8 Å². The van der Waals surface area contributed by atoms with Crippen LogP contribution in [0.5, 0.6) is 0 Å². The van der Waals surface area contributed by atoms with Gasteiger partial charge in [0.25, 0.3) is 0 Å². The molecule has 2 heterocycles. The zero-order chi connectivity index (χ0) is 17.1. The van der Waals surface area contributed by atoms with E-state index in [-0.39, 0.29) is 30.9 Å². The molecule has 3 nitrogen and oxygen atoms in total. The molecule has 2 aromatic rings. The van der Waals surface area contributed by atoms with Crippen molar-refractivity contribution < 1.29 is 0 Å². The molecule has 0 saturated carbocycles. The van der Waals surface area contributed by atoms with Crippen molar-refractivity contribution in [3.05, 3.63) is 57.8 Å². The van der Waals surface area contributed by atoms with E-state index < -0.39 is 0 Å². The summed E-state index contributed by atoms with van der Waals surface area (Å²) in [5, 5.41) is 0. The summed E-state index contributed by atoms with van der Waals surface area (Å²) in [7, 11) is 6.52. The molecule has 0 spiro atoms. The Balaban J connectivity index is 0.00000169. The van der Waals surface area contributed by atoms with E-state index in [1.807, 2.05) is 0 Å². The van der Waals surface area contributed by atoms with E-state index in [1.54, 1.807) is 0 Å². The summed E-state index contributed by atoms with van der Waals surface area (Å²) in [6.07, 6.45) is 4.07. The highest BCUT2D eigenvalue weighted by atomic mass is 79.9. The molecule has 0 amide bonds. The number of rotatable bonds is 5. The van der Waals surface area contributed by atoms with Gasteiger partial charge in [0.15, 0.2) is 0 Å². The Morgan fingerprint density at radius 3 is 2.27 bits per heavy atom. The molecule has 1 aromatic heterocycles. The van der Waals surface area contributed by atoms with Crippen molar-refractivity contribution in [3.63, 3.8) is 0 Å². The van der Waals surface area contributed by atoms with Crippen molar-refractivity contribution in [2.45, 2.75) is 31.8 Å². The van der Waals surface area contributed by atoms with E-state index in [9.17, 15) is 0 Å². The van der Waals surface area contributed by atoms with E-state index in [2.05, 4.69) is 87.8 Å². The number of benzene rings is 1. The molecule has 0 bridgehead atoms. The lowest BCUT2D eigenvalue weighted by Crippen LogP contribution is -2.30. The lowest BCUT2D eigenvalue weighted by molar-refractivity contribution is 0.216. The van der Waals surface area contributed by atoms with Crippen molar-refractivity contribution in [2.24, 2.45) is 7.05 Å². The average molecular weight is 463 g/mol. The Labute approximate surface area is 178 Å². The van der Waals surface area contributed by atoms with Crippen molar-refractivity contribution in [3.8, 4) is 0 Å². The maximum atomic E-state index is 3.73. The first-order valence-corrected chi connectivity index (χ1v) is 9.65. The first kappa shape index (κ1) is 23.5. The average Bonchev–Trinajstić information content (AvgIpc) is 2.91. The Hall–Kier alpha value is -0.520. The molecule has 1 unspecified atom stereocenters. The predicted molar refractivity (Wildman–Crippen MR) is 119 cm³/mol. The Kier molecular flexibility index (Phi) is 9.70. The number of piperidine rings is 1. The van der Waals surface area contributed by atoms with E-state index in [4.69, 9.17) is 0 Å². The van der Waals surface area contributed by atoms with Gasteiger partial charge in [-0.1, -0.05) is 40.5 Å². The second-order valence-electron chi connectivity index (χ2n) is 7.03. The summed E-state index contributed by atoms with van der Waals surface area (Å²) >= 11 is 3.73. The summed E-state index contributed by atoms with van der Waals surface area (Å²) in [6, 6.07) is 13.4. The number of aromatic nitrogens is 1. The van der Waals surface area contributed by atoms with E-state index in [1.165, 1.54) is 53.8 Å². The summed E-state index contributed by atoms with van der Waals surface area (Å²) in [6.45, 7) is 3.54. The van der Waals surface area contributed by atoms with Crippen LogP contribution in [0.25, 0.3) is 0 Å². The van der Waals surface area contributed by atoms with E-state index >= 15 is 0 Å². The molecule has 0 radical (unpaired) electrons. The van der Waals surface area contributed by atoms with Crippen LogP contribution in [0.3, 0.4) is 0 Å². The fourth-order valence-electron chi connectivity index (χ4n) is 3.75. The molecule has 6 heteroatoms. The first-order valence-electron chi connectivity index (χ1n) is 8.85. The fourth-order valence-corrected chi connectivity index (χ4v) is 4.25. The monoisotopic (exact) mass is 461 g/mol. The smallest absolute Gasteiger partial charge is 0.0762 e. The molecule has 0 N–H and O–H groups in total. The molecule has 0 aliphatic carbocycles. The van der Waals surface area contributed by atoms with Crippen LogP contribution in [0.2, 0.25) is 0 Å². The third-order valence-electron chi connectivity index (χ3n) is 5.10. The fraction of sp³-hybridized carbons (Fsp3) is 0.500. The highest BCUT2D eigenvalue weighted by Gasteiger charge is 2.23. The van der Waals surface area contributed by atoms with Crippen molar-refractivity contribution >= 4 is 40.7 Å². The van der Waals surface area contributed by atoms with Crippen LogP contribution < -0.4 is 0 Å². The summed E-state index contributed by atoms with van der Waals surface area (Å²) in [4.78, 5) is 4.88. The normalized spacial score (nSPS) is 16.0. The standard InChI is InChI=1S/C20H28BrN3.2ClH/c1-22(2)20(17-9-5-6-10-18(17)21)19-12-11-16(23(19)3)15-24-13-7-4-8-14-24;;/h5-6,9-12,20H,4,7-8,13-15H2,1-3H3;2*1H. The van der Waals surface area contributed by atoms with E-state index in [0.717, 1.165) is 6.54 Å². The molecule has 1 aromatic carbocycles. The second kappa shape index (κ2) is 10.7. The molecule has 1 saturated heterocycles. The maximum absolute atomic E-state index is 3.73. The van der Waals surface area contributed by atoms with E-state index in [0.29, 0.717) is 0 Å². The molecule has 1 aliphatic heterocycles. The lowest BCUT2D eigenvalue weighted by Gasteiger charge is -2.29. The summed E-state index contributed by atoms with van der Waals surface area (Å²) in [5.41, 5.74) is 4.07. The molecule has 146 valence electrons. The van der Waals surface area contributed by atoms with Crippen molar-refractivity contribution in [1.29, 1.82) is 0 Å². The number of hydrogen-bond donors (Lipinski definition) is 0. The quantitative estimate of drug-likeness (QED) is 0.599. The van der Waals surface area contributed by atoms with Crippen molar-refractivity contribution in [1.82, 2.24) is 14.4 Å². The van der Waals surface area contributed by atoms with Gasteiger partial charge in [0.1, 0.15) is 0 Å². The summed E-state index contributed by atoms with van der Waals surface area (Å²) < 4.78 is 3.56. The third kappa shape index (κ3) is 5.26. The number of halogens is 3. The molecule has 3 rings (SSSR count). The van der Waals surface area contributed by atoms with Gasteiger partial charge in [0.2, 0.25) is 0 Å². The summed E-state index contributed by atoms with van der Waals surface area (Å²) in [5.74, 6) is 0. The van der Waals surface area contributed by atoms with Gasteiger partial charge in [-0.25, -0.2) is 0 Å². The van der Waals surface area contributed by atoms with Gasteiger partial charge < -0.3 is 4.57 Å². The topological polar surface area (TPSA) is 11.4 Å². The van der Waals surface area contributed by atoms with Crippen LogP contribution in [-0.2, 0) is 13.6 Å². The first-order chi connectivity index (χ1) is 11.6. The maximum Gasteiger partial charge on any atom is 0.0762 e. The third-order valence-corrected chi connectivity index (χ3v) is 5.82. The molecular formula is C20H30BrCl2N3. The van der Waals surface area contributed by atoms with Gasteiger partial charge in [-0.2, -0.15) is 0 Å². The number of nitrogens with zero attached hydrogens (tertiary/aromatic N) is 3. The van der Waals surface area contributed by atoms with Gasteiger partial charge in [0.05, 0.1) is 6.04 Å². The van der Waals surface area contributed by atoms with Crippen LogP contribution >= 0.6 is 40.7 Å². The number of likely N-dealkylation sites (tertiary alicyclic amines) is 1. The molecule has 1 atom stereocenters. The SMILES string of the molecule is CN(C)C(c1ccccc1Br)c1ccc(CN2CCCCC2)n1C.Cl.Cl.